The number of hydrogen-bond acceptors (Lipinski definition) is 2. The first-order valence-electron chi connectivity index (χ1n) is 7.05. The molecule has 0 aliphatic heterocycles. The van der Waals surface area contributed by atoms with Gasteiger partial charge in [-0.05, 0) is 45.6 Å². The molecule has 21 heavy (non-hydrogen) atoms. The van der Waals surface area contributed by atoms with Gasteiger partial charge in [-0.15, -0.1) is 0 Å². The Balaban J connectivity index is 2.15. The van der Waals surface area contributed by atoms with Crippen LogP contribution in [0.2, 0.25) is 0 Å². The van der Waals surface area contributed by atoms with Crippen molar-refractivity contribution in [3.63, 3.8) is 0 Å². The van der Waals surface area contributed by atoms with E-state index in [0.29, 0.717) is 6.42 Å². The number of ketones is 1. The van der Waals surface area contributed by atoms with Gasteiger partial charge in [0.1, 0.15) is 11.5 Å². The van der Waals surface area contributed by atoms with Gasteiger partial charge in [0.25, 0.3) is 0 Å². The fraction of sp³-hybridized carbons (Fsp3) is 0.278. The summed E-state index contributed by atoms with van der Waals surface area (Å²) in [6, 6.07) is 15.8. The van der Waals surface area contributed by atoms with Crippen LogP contribution in [0.1, 0.15) is 30.4 Å². The normalized spacial score (nSPS) is 12.0. The van der Waals surface area contributed by atoms with Gasteiger partial charge >= 0.3 is 0 Å². The first-order valence-corrected chi connectivity index (χ1v) is 7.85. The van der Waals surface area contributed by atoms with Gasteiger partial charge < -0.3 is 4.74 Å². The largest absolute Gasteiger partial charge is 0.496 e. The molecule has 2 nitrogen and oxygen atoms in total. The zero-order valence-electron chi connectivity index (χ0n) is 12.3. The molecule has 0 N–H and O–H groups in total. The summed E-state index contributed by atoms with van der Waals surface area (Å²) in [5.41, 5.74) is 2.10. The van der Waals surface area contributed by atoms with Crippen LogP contribution in [-0.4, -0.2) is 12.9 Å². The molecular weight excluding hydrogens is 328 g/mol. The molecule has 2 aromatic carbocycles. The molecule has 0 aliphatic rings. The molecule has 0 spiro atoms. The summed E-state index contributed by atoms with van der Waals surface area (Å²) in [6.07, 6.45) is 1.26. The number of Topliss-reactive ketones (excluding diaryl/α,β-unsaturated/α-hetero) is 1. The highest BCUT2D eigenvalue weighted by Crippen LogP contribution is 2.27. The summed E-state index contributed by atoms with van der Waals surface area (Å²) < 4.78 is 6.09. The predicted molar refractivity (Wildman–Crippen MR) is 88.9 cm³/mol. The van der Waals surface area contributed by atoms with Crippen molar-refractivity contribution in [1.82, 2.24) is 0 Å². The smallest absolute Gasteiger partial charge is 0.144 e. The molecule has 0 aliphatic carbocycles. The Kier molecular flexibility index (Phi) is 5.57. The van der Waals surface area contributed by atoms with Crippen LogP contribution >= 0.6 is 15.9 Å². The van der Waals surface area contributed by atoms with Gasteiger partial charge in [0.15, 0.2) is 0 Å². The minimum atomic E-state index is -0.0351. The molecule has 0 amide bonds. The van der Waals surface area contributed by atoms with Gasteiger partial charge in [0.05, 0.1) is 11.6 Å². The van der Waals surface area contributed by atoms with Crippen LogP contribution in [0, 0.1) is 0 Å². The quantitative estimate of drug-likeness (QED) is 0.753. The van der Waals surface area contributed by atoms with Gasteiger partial charge in [-0.25, -0.2) is 0 Å². The van der Waals surface area contributed by atoms with Crippen LogP contribution < -0.4 is 4.74 Å². The third-order valence-electron chi connectivity index (χ3n) is 3.59. The molecule has 2 rings (SSSR count). The van der Waals surface area contributed by atoms with E-state index in [9.17, 15) is 4.79 Å². The van der Waals surface area contributed by atoms with E-state index in [4.69, 9.17) is 4.74 Å². The number of hydrogen-bond donors (Lipinski definition) is 0. The first kappa shape index (κ1) is 15.8. The van der Waals surface area contributed by atoms with E-state index in [1.807, 2.05) is 48.5 Å². The SMILES string of the molecule is CCC(C(=O)Cc1ccc(OC)c(Br)c1)c1ccccc1. The van der Waals surface area contributed by atoms with Gasteiger partial charge in [-0.1, -0.05) is 43.3 Å². The van der Waals surface area contributed by atoms with E-state index >= 15 is 0 Å². The molecule has 0 fully saturated rings. The molecule has 0 heterocycles. The number of ether oxygens (including phenoxy) is 1. The molecule has 3 heteroatoms. The van der Waals surface area contributed by atoms with Gasteiger partial charge in [0, 0.05) is 12.3 Å². The molecular formula is C18H19BrO2. The van der Waals surface area contributed by atoms with Crippen LogP contribution in [0.15, 0.2) is 53.0 Å². The maximum atomic E-state index is 12.6. The molecule has 110 valence electrons. The first-order chi connectivity index (χ1) is 10.2. The summed E-state index contributed by atoms with van der Waals surface area (Å²) in [5.74, 6) is 0.995. The van der Waals surface area contributed by atoms with Crippen molar-refractivity contribution < 1.29 is 9.53 Å². The van der Waals surface area contributed by atoms with Gasteiger partial charge in [-0.3, -0.25) is 4.79 Å². The lowest BCUT2D eigenvalue weighted by atomic mass is 9.89. The van der Waals surface area contributed by atoms with Crippen molar-refractivity contribution in [2.45, 2.75) is 25.7 Å². The Bertz CT molecular complexity index is 608. The summed E-state index contributed by atoms with van der Waals surface area (Å²) in [4.78, 5) is 12.6. The third kappa shape index (κ3) is 3.94. The third-order valence-corrected chi connectivity index (χ3v) is 4.21. The monoisotopic (exact) mass is 346 g/mol. The Morgan fingerprint density at radius 2 is 1.90 bits per heavy atom. The Labute approximate surface area is 134 Å². The van der Waals surface area contributed by atoms with Gasteiger partial charge in [-0.2, -0.15) is 0 Å². The Hall–Kier alpha value is -1.61. The van der Waals surface area contributed by atoms with E-state index in [-0.39, 0.29) is 11.7 Å². The highest BCUT2D eigenvalue weighted by molar-refractivity contribution is 9.10. The van der Waals surface area contributed by atoms with E-state index in [0.717, 1.165) is 27.8 Å². The van der Waals surface area contributed by atoms with Crippen LogP contribution in [0.3, 0.4) is 0 Å². The zero-order chi connectivity index (χ0) is 15.2. The zero-order valence-corrected chi connectivity index (χ0v) is 13.9. The van der Waals surface area contributed by atoms with Crippen molar-refractivity contribution in [1.29, 1.82) is 0 Å². The topological polar surface area (TPSA) is 26.3 Å². The number of carbonyl (C=O) groups is 1. The average molecular weight is 347 g/mol. The standard InChI is InChI=1S/C18H19BrO2/c1-3-15(14-7-5-4-6-8-14)17(20)12-13-9-10-18(21-2)16(19)11-13/h4-11,15H,3,12H2,1-2H3. The second-order valence-electron chi connectivity index (χ2n) is 4.98. The van der Waals surface area contributed by atoms with Crippen LogP contribution in [0.25, 0.3) is 0 Å². The number of halogens is 1. The summed E-state index contributed by atoms with van der Waals surface area (Å²) >= 11 is 3.46. The maximum absolute atomic E-state index is 12.6. The fourth-order valence-electron chi connectivity index (χ4n) is 2.48. The lowest BCUT2D eigenvalue weighted by Gasteiger charge is -2.14. The second-order valence-corrected chi connectivity index (χ2v) is 5.84. The summed E-state index contributed by atoms with van der Waals surface area (Å²) in [6.45, 7) is 2.06. The molecule has 1 unspecified atom stereocenters. The van der Waals surface area contributed by atoms with Gasteiger partial charge in [0.2, 0.25) is 0 Å². The van der Waals surface area contributed by atoms with E-state index in [2.05, 4.69) is 22.9 Å². The minimum Gasteiger partial charge on any atom is -0.496 e. The summed E-state index contributed by atoms with van der Waals surface area (Å²) in [5, 5.41) is 0. The molecule has 1 atom stereocenters. The molecule has 0 radical (unpaired) electrons. The van der Waals surface area contributed by atoms with Crippen molar-refractivity contribution in [2.24, 2.45) is 0 Å². The molecule has 0 aromatic heterocycles. The highest BCUT2D eigenvalue weighted by atomic mass is 79.9. The Morgan fingerprint density at radius 1 is 1.19 bits per heavy atom. The molecule has 0 saturated carbocycles. The maximum Gasteiger partial charge on any atom is 0.144 e. The lowest BCUT2D eigenvalue weighted by Crippen LogP contribution is -2.14. The summed E-state index contributed by atoms with van der Waals surface area (Å²) in [7, 11) is 1.63. The van der Waals surface area contributed by atoms with E-state index in [1.54, 1.807) is 7.11 Å². The number of rotatable bonds is 6. The van der Waals surface area contributed by atoms with Crippen LogP contribution in [0.5, 0.6) is 5.75 Å². The molecule has 0 bridgehead atoms. The minimum absolute atomic E-state index is 0.0351. The van der Waals surface area contributed by atoms with Crippen molar-refractivity contribution in [3.05, 3.63) is 64.1 Å². The number of carbonyl (C=O) groups excluding carboxylic acids is 1. The molecule has 0 saturated heterocycles. The Morgan fingerprint density at radius 3 is 2.48 bits per heavy atom. The lowest BCUT2D eigenvalue weighted by molar-refractivity contribution is -0.119. The van der Waals surface area contributed by atoms with E-state index < -0.39 is 0 Å². The fourth-order valence-corrected chi connectivity index (χ4v) is 3.07. The highest BCUT2D eigenvalue weighted by Gasteiger charge is 2.18. The number of benzene rings is 2. The predicted octanol–water partition coefficient (Wildman–Crippen LogP) is 4.76. The van der Waals surface area contributed by atoms with Crippen molar-refractivity contribution >= 4 is 21.7 Å². The second kappa shape index (κ2) is 7.41. The van der Waals surface area contributed by atoms with Crippen LogP contribution in [0.4, 0.5) is 0 Å². The van der Waals surface area contributed by atoms with E-state index in [1.165, 1.54) is 0 Å². The van der Waals surface area contributed by atoms with Crippen molar-refractivity contribution in [3.8, 4) is 5.75 Å². The average Bonchev–Trinajstić information content (AvgIpc) is 2.49. The number of methoxy groups -OCH3 is 1. The van der Waals surface area contributed by atoms with Crippen molar-refractivity contribution in [2.75, 3.05) is 7.11 Å². The molecule has 2 aromatic rings. The van der Waals surface area contributed by atoms with Crippen LogP contribution in [-0.2, 0) is 11.2 Å².